The van der Waals surface area contributed by atoms with E-state index in [9.17, 15) is 15.0 Å². The van der Waals surface area contributed by atoms with E-state index in [0.29, 0.717) is 21.5 Å². The highest BCUT2D eigenvalue weighted by Crippen LogP contribution is 2.38. The second kappa shape index (κ2) is 10.4. The van der Waals surface area contributed by atoms with Crippen LogP contribution in [0.15, 0.2) is 60.7 Å². The van der Waals surface area contributed by atoms with Crippen molar-refractivity contribution in [2.75, 3.05) is 19.6 Å². The van der Waals surface area contributed by atoms with Crippen LogP contribution in [0, 0.1) is 0 Å². The van der Waals surface area contributed by atoms with Gasteiger partial charge in [-0.1, -0.05) is 80.9 Å². The van der Waals surface area contributed by atoms with Gasteiger partial charge >= 0.3 is 5.97 Å². The van der Waals surface area contributed by atoms with E-state index in [1.165, 1.54) is 19.6 Å². The Bertz CT molecular complexity index is 1230. The van der Waals surface area contributed by atoms with E-state index in [-0.39, 0.29) is 17.0 Å². The molecule has 1 aromatic heterocycles. The number of hydrogen-bond donors (Lipinski definition) is 2. The molecule has 0 aliphatic carbocycles. The number of carboxylic acids is 1. The summed E-state index contributed by atoms with van der Waals surface area (Å²) in [5.41, 5.74) is 1.20. The van der Waals surface area contributed by atoms with Crippen LogP contribution in [0.4, 0.5) is 0 Å². The summed E-state index contributed by atoms with van der Waals surface area (Å²) in [4.78, 5) is 18.8. The average molecular weight is 451 g/mol. The summed E-state index contributed by atoms with van der Waals surface area (Å²) >= 11 is 5.92. The third kappa shape index (κ3) is 4.85. The van der Waals surface area contributed by atoms with Crippen molar-refractivity contribution in [2.24, 2.45) is 0 Å². The molecule has 3 aromatic carbocycles. The van der Waals surface area contributed by atoms with Gasteiger partial charge in [0.1, 0.15) is 11.3 Å². The molecule has 0 fully saturated rings. The molecule has 1 heterocycles. The van der Waals surface area contributed by atoms with Crippen LogP contribution < -0.4 is 0 Å². The maximum Gasteiger partial charge on any atom is 0.340 e. The van der Waals surface area contributed by atoms with E-state index >= 15 is 0 Å². The number of benzene rings is 3. The summed E-state index contributed by atoms with van der Waals surface area (Å²) in [5, 5.41) is 23.0. The fraction of sp³-hybridized carbons (Fsp3) is 0.231. The first-order chi connectivity index (χ1) is 15.4. The molecule has 0 saturated heterocycles. The van der Waals surface area contributed by atoms with Gasteiger partial charge in [0, 0.05) is 21.4 Å². The van der Waals surface area contributed by atoms with Gasteiger partial charge in [-0.2, -0.15) is 0 Å². The lowest BCUT2D eigenvalue weighted by Crippen LogP contribution is -2.21. The lowest BCUT2D eigenvalue weighted by molar-refractivity contribution is 0.0696. The first-order valence-electron chi connectivity index (χ1n) is 10.7. The zero-order valence-corrected chi connectivity index (χ0v) is 19.2. The van der Waals surface area contributed by atoms with Gasteiger partial charge in [0.2, 0.25) is 0 Å². The smallest absolute Gasteiger partial charge is 0.340 e. The number of rotatable bonds is 5. The molecule has 0 aliphatic rings. The first-order valence-corrected chi connectivity index (χ1v) is 11.0. The van der Waals surface area contributed by atoms with Gasteiger partial charge in [-0.25, -0.2) is 9.78 Å². The minimum absolute atomic E-state index is 0.152. The normalized spacial score (nSPS) is 10.9. The van der Waals surface area contributed by atoms with Crippen molar-refractivity contribution < 1.29 is 15.0 Å². The molecule has 4 aromatic rings. The minimum atomic E-state index is -1.20. The number of aromatic hydroxyl groups is 1. The van der Waals surface area contributed by atoms with Crippen molar-refractivity contribution in [1.29, 1.82) is 0 Å². The van der Waals surface area contributed by atoms with Crippen LogP contribution >= 0.6 is 11.6 Å². The molecule has 5 nitrogen and oxygen atoms in total. The molecule has 0 atom stereocenters. The Morgan fingerprint density at radius 2 is 1.53 bits per heavy atom. The number of carboxylic acid groups (broad SMARTS) is 1. The van der Waals surface area contributed by atoms with Gasteiger partial charge < -0.3 is 15.1 Å². The Morgan fingerprint density at radius 3 is 2.09 bits per heavy atom. The maximum atomic E-state index is 11.8. The highest BCUT2D eigenvalue weighted by atomic mass is 35.5. The highest BCUT2D eigenvalue weighted by Gasteiger charge is 2.21. The number of aromatic nitrogens is 1. The summed E-state index contributed by atoms with van der Waals surface area (Å²) in [5.74, 6) is -1.55. The molecule has 6 heteroatoms. The Balaban J connectivity index is 0.000000360. The molecule has 0 spiro atoms. The minimum Gasteiger partial charge on any atom is -0.505 e. The van der Waals surface area contributed by atoms with Crippen molar-refractivity contribution in [3.63, 3.8) is 0 Å². The zero-order chi connectivity index (χ0) is 23.3. The molecular formula is C26H27ClN2O3. The number of fused-ring (bicyclic) bond motifs is 3. The molecule has 0 radical (unpaired) electrons. The van der Waals surface area contributed by atoms with Gasteiger partial charge in [0.15, 0.2) is 5.75 Å². The van der Waals surface area contributed by atoms with Crippen molar-refractivity contribution in [2.45, 2.75) is 20.8 Å². The molecule has 0 amide bonds. The van der Waals surface area contributed by atoms with Crippen molar-refractivity contribution in [3.8, 4) is 17.0 Å². The Hall–Kier alpha value is -3.15. The van der Waals surface area contributed by atoms with Crippen LogP contribution in [-0.2, 0) is 0 Å². The molecule has 2 N–H and O–H groups in total. The Labute approximate surface area is 192 Å². The summed E-state index contributed by atoms with van der Waals surface area (Å²) in [6.07, 6.45) is 0. The first kappa shape index (κ1) is 23.5. The highest BCUT2D eigenvalue weighted by molar-refractivity contribution is 6.30. The van der Waals surface area contributed by atoms with Crippen LogP contribution in [0.25, 0.3) is 32.9 Å². The molecular weight excluding hydrogens is 424 g/mol. The number of hydrogen-bond acceptors (Lipinski definition) is 4. The monoisotopic (exact) mass is 450 g/mol. The second-order valence-corrected chi connectivity index (χ2v) is 7.73. The van der Waals surface area contributed by atoms with Crippen LogP contribution in [-0.4, -0.2) is 45.7 Å². The quantitative estimate of drug-likeness (QED) is 0.341. The van der Waals surface area contributed by atoms with Crippen molar-refractivity contribution in [1.82, 2.24) is 9.88 Å². The van der Waals surface area contributed by atoms with Crippen LogP contribution in [0.1, 0.15) is 31.1 Å². The van der Waals surface area contributed by atoms with E-state index < -0.39 is 5.97 Å². The summed E-state index contributed by atoms with van der Waals surface area (Å²) in [6.45, 7) is 10.1. The summed E-state index contributed by atoms with van der Waals surface area (Å²) in [7, 11) is 0. The Kier molecular flexibility index (Phi) is 7.67. The van der Waals surface area contributed by atoms with E-state index in [1.54, 1.807) is 30.3 Å². The van der Waals surface area contributed by atoms with Crippen molar-refractivity contribution in [3.05, 3.63) is 71.2 Å². The standard InChI is InChI=1S/C20H12ClNO3.C6H15N/c21-13-8-5-12(6-9-13)17-19(23)16(20(24)25)15-10-7-11-3-1-2-4-14(11)18(15)22-17;1-4-7(5-2)6-3/h1-10,23H,(H,24,25);4-6H2,1-3H3. The predicted octanol–water partition coefficient (Wildman–Crippen LogP) is 6.46. The number of halogens is 1. The SMILES string of the molecule is CCN(CC)CC.O=C(O)c1c(O)c(-c2ccc(Cl)cc2)nc2c1ccc1ccccc12. The summed E-state index contributed by atoms with van der Waals surface area (Å²) < 4.78 is 0. The molecule has 0 saturated carbocycles. The lowest BCUT2D eigenvalue weighted by Gasteiger charge is -2.13. The molecule has 0 aliphatic heterocycles. The fourth-order valence-electron chi connectivity index (χ4n) is 3.68. The lowest BCUT2D eigenvalue weighted by atomic mass is 9.99. The van der Waals surface area contributed by atoms with Gasteiger partial charge in [-0.3, -0.25) is 0 Å². The predicted molar refractivity (Wildman–Crippen MR) is 132 cm³/mol. The molecule has 166 valence electrons. The second-order valence-electron chi connectivity index (χ2n) is 7.30. The average Bonchev–Trinajstić information content (AvgIpc) is 2.80. The fourth-order valence-corrected chi connectivity index (χ4v) is 3.81. The van der Waals surface area contributed by atoms with Gasteiger partial charge in [0.05, 0.1) is 5.52 Å². The van der Waals surface area contributed by atoms with Crippen LogP contribution in [0.5, 0.6) is 5.75 Å². The number of nitrogens with zero attached hydrogens (tertiary/aromatic N) is 2. The largest absolute Gasteiger partial charge is 0.505 e. The molecule has 0 unspecified atom stereocenters. The van der Waals surface area contributed by atoms with E-state index in [1.807, 2.05) is 30.3 Å². The zero-order valence-electron chi connectivity index (χ0n) is 18.5. The van der Waals surface area contributed by atoms with Crippen molar-refractivity contribution >= 4 is 39.2 Å². The van der Waals surface area contributed by atoms with Gasteiger partial charge in [-0.05, 0) is 37.2 Å². The third-order valence-corrected chi connectivity index (χ3v) is 5.78. The molecule has 0 bridgehead atoms. The maximum absolute atomic E-state index is 11.8. The van der Waals surface area contributed by atoms with Crippen LogP contribution in [0.3, 0.4) is 0 Å². The van der Waals surface area contributed by atoms with Gasteiger partial charge in [-0.15, -0.1) is 0 Å². The summed E-state index contributed by atoms with van der Waals surface area (Å²) in [6, 6.07) is 17.9. The third-order valence-electron chi connectivity index (χ3n) is 5.53. The number of pyridine rings is 1. The molecule has 4 rings (SSSR count). The van der Waals surface area contributed by atoms with Crippen LogP contribution in [0.2, 0.25) is 5.02 Å². The number of aromatic carboxylic acids is 1. The van der Waals surface area contributed by atoms with Gasteiger partial charge in [0.25, 0.3) is 0 Å². The van der Waals surface area contributed by atoms with E-state index in [2.05, 4.69) is 30.7 Å². The number of carbonyl (C=O) groups is 1. The van der Waals surface area contributed by atoms with E-state index in [0.717, 1.165) is 10.8 Å². The molecule has 32 heavy (non-hydrogen) atoms. The topological polar surface area (TPSA) is 73.7 Å². The van der Waals surface area contributed by atoms with E-state index in [4.69, 9.17) is 11.6 Å². The Morgan fingerprint density at radius 1 is 0.906 bits per heavy atom.